The summed E-state index contributed by atoms with van der Waals surface area (Å²) in [6.07, 6.45) is 13.1. The minimum atomic E-state index is -4.94. The van der Waals surface area contributed by atoms with Crippen LogP contribution in [0.2, 0.25) is 0 Å². The Hall–Kier alpha value is -4.26. The predicted octanol–water partition coefficient (Wildman–Crippen LogP) is -2.86. The van der Waals surface area contributed by atoms with E-state index in [0.29, 0.717) is 0 Å². The zero-order valence-electron chi connectivity index (χ0n) is 28.5. The van der Waals surface area contributed by atoms with Crippen LogP contribution in [0.1, 0.15) is 25.3 Å². The maximum absolute atomic E-state index is 8.49. The molecule has 53 heavy (non-hydrogen) atoms. The van der Waals surface area contributed by atoms with Gasteiger partial charge >= 0.3 is 93.0 Å². The quantitative estimate of drug-likeness (QED) is 0.171. The van der Waals surface area contributed by atoms with Gasteiger partial charge in [-0.3, -0.25) is 19.9 Å². The van der Waals surface area contributed by atoms with Crippen molar-refractivity contribution in [3.05, 3.63) is 140 Å². The van der Waals surface area contributed by atoms with E-state index in [9.17, 15) is 0 Å². The van der Waals surface area contributed by atoms with Crippen LogP contribution in [0, 0.1) is 27.4 Å². The third kappa shape index (κ3) is 26.2. The summed E-state index contributed by atoms with van der Waals surface area (Å²) in [5.41, 5.74) is 11.8. The Balaban J connectivity index is 0.000000336. The first-order chi connectivity index (χ1) is 25.1. The second-order valence-corrected chi connectivity index (χ2v) is 12.3. The third-order valence-corrected chi connectivity index (χ3v) is 6.17. The van der Waals surface area contributed by atoms with E-state index in [0.717, 1.165) is 44.9 Å². The van der Waals surface area contributed by atoms with Crippen molar-refractivity contribution >= 4 is 4.16 Å². The number of hydrogen-bond acceptors (Lipinski definition) is 15. The SMILES string of the molecule is CCCCN.Cc1ccnc(-c2c[c]([Ru+2])ccn2)c1.[O-][Cl+3]([O-])([O-])[O-].[O-][Cl+3]([O-])([O-])[O-].c1ccc(-c2ccccn2)nc1.c1ccc(-c2ccccn2)nc1. The van der Waals surface area contributed by atoms with Crippen molar-refractivity contribution in [1.82, 2.24) is 29.9 Å². The van der Waals surface area contributed by atoms with Gasteiger partial charge in [-0.1, -0.05) is 37.6 Å². The van der Waals surface area contributed by atoms with Gasteiger partial charge < -0.3 is 5.73 Å². The molecule has 18 heteroatoms. The molecule has 281 valence electrons. The van der Waals surface area contributed by atoms with Gasteiger partial charge in [-0.25, -0.2) is 37.3 Å². The molecule has 0 radical (unpaired) electrons. The predicted molar refractivity (Wildman–Crippen MR) is 171 cm³/mol. The summed E-state index contributed by atoms with van der Waals surface area (Å²) in [5.74, 6) is 0. The molecular weight excluding hydrogens is 818 g/mol. The Morgan fingerprint density at radius 3 is 1.06 bits per heavy atom. The fourth-order valence-corrected chi connectivity index (χ4v) is 3.84. The van der Waals surface area contributed by atoms with E-state index in [4.69, 9.17) is 43.0 Å². The van der Waals surface area contributed by atoms with Crippen LogP contribution in [0.15, 0.2) is 134 Å². The van der Waals surface area contributed by atoms with Crippen molar-refractivity contribution in [3.8, 4) is 34.2 Å². The summed E-state index contributed by atoms with van der Waals surface area (Å²) in [5, 5.41) is 0. The fraction of sp³-hybridized carbons (Fsp3) is 0.143. The first-order valence-corrected chi connectivity index (χ1v) is 18.6. The van der Waals surface area contributed by atoms with E-state index in [2.05, 4.69) is 62.1 Å². The maximum Gasteiger partial charge on any atom is 0.0886 e. The van der Waals surface area contributed by atoms with Crippen molar-refractivity contribution in [2.45, 2.75) is 26.7 Å². The molecule has 6 rings (SSSR count). The van der Waals surface area contributed by atoms with Crippen LogP contribution < -0.4 is 47.2 Å². The van der Waals surface area contributed by atoms with Gasteiger partial charge in [-0.05, 0) is 61.5 Å². The van der Waals surface area contributed by atoms with Crippen molar-refractivity contribution in [1.29, 1.82) is 0 Å². The Kier molecular flexibility index (Phi) is 23.4. The number of hydrogen-bond donors (Lipinski definition) is 1. The van der Waals surface area contributed by atoms with Crippen LogP contribution in [0.25, 0.3) is 34.2 Å². The first-order valence-electron chi connectivity index (χ1n) is 15.2. The van der Waals surface area contributed by atoms with Crippen molar-refractivity contribution in [2.75, 3.05) is 6.54 Å². The molecule has 0 aliphatic heterocycles. The molecule has 2 N–H and O–H groups in total. The summed E-state index contributed by atoms with van der Waals surface area (Å²) >= 11 is 2.56. The molecule has 6 aromatic heterocycles. The van der Waals surface area contributed by atoms with Gasteiger partial charge in [0.15, 0.2) is 0 Å². The number of nitrogens with zero attached hydrogens (tertiary/aromatic N) is 6. The molecule has 0 atom stereocenters. The van der Waals surface area contributed by atoms with Crippen LogP contribution in [0.5, 0.6) is 0 Å². The number of pyridine rings is 6. The zero-order valence-corrected chi connectivity index (χ0v) is 31.7. The average Bonchev–Trinajstić information content (AvgIpc) is 3.13. The molecule has 0 aliphatic rings. The molecule has 0 aliphatic carbocycles. The third-order valence-electron chi connectivity index (χ3n) is 5.63. The topological polar surface area (TPSA) is 288 Å². The summed E-state index contributed by atoms with van der Waals surface area (Å²) in [7, 11) is -9.89. The number of halogens is 2. The summed E-state index contributed by atoms with van der Waals surface area (Å²) in [4.78, 5) is 25.3. The smallest absolute Gasteiger partial charge is 0.0886 e. The molecule has 0 amide bonds. The van der Waals surface area contributed by atoms with Gasteiger partial charge in [0.1, 0.15) is 0 Å². The second-order valence-electron chi connectivity index (χ2n) is 9.82. The summed E-state index contributed by atoms with van der Waals surface area (Å²) < 4.78 is 69.1. The number of aromatic nitrogens is 6. The molecule has 15 nitrogen and oxygen atoms in total. The molecule has 6 heterocycles. The van der Waals surface area contributed by atoms with Crippen molar-refractivity contribution in [2.24, 2.45) is 5.73 Å². The molecule has 0 fully saturated rings. The zero-order chi connectivity index (χ0) is 39.5. The Morgan fingerprint density at radius 1 is 0.491 bits per heavy atom. The molecule has 0 spiro atoms. The first kappa shape index (κ1) is 46.8. The molecule has 6 aromatic rings. The molecule has 0 saturated carbocycles. The number of aryl methyl sites for hydroxylation is 1. The Morgan fingerprint density at radius 2 is 0.811 bits per heavy atom. The van der Waals surface area contributed by atoms with Gasteiger partial charge in [0, 0.05) is 24.8 Å². The normalized spacial score (nSPS) is 10.1. The molecule has 0 unspecified atom stereocenters. The largest absolute Gasteiger partial charge is 0.255 e. The van der Waals surface area contributed by atoms with Gasteiger partial charge in [0.2, 0.25) is 0 Å². The number of nitrogens with two attached hydrogens (primary N) is 1. The van der Waals surface area contributed by atoms with Crippen LogP contribution in [-0.2, 0) is 18.3 Å². The minimum Gasteiger partial charge on any atom is -0.255 e. The van der Waals surface area contributed by atoms with Gasteiger partial charge in [-0.2, -0.15) is 0 Å². The Bertz CT molecular complexity index is 1580. The second kappa shape index (κ2) is 26.5. The van der Waals surface area contributed by atoms with Crippen LogP contribution in [0.3, 0.4) is 0 Å². The van der Waals surface area contributed by atoms with E-state index in [-0.39, 0.29) is 0 Å². The van der Waals surface area contributed by atoms with Crippen LogP contribution in [-0.4, -0.2) is 36.4 Å². The van der Waals surface area contributed by atoms with Gasteiger partial charge in [0.05, 0.1) is 22.8 Å². The van der Waals surface area contributed by atoms with Crippen LogP contribution >= 0.6 is 0 Å². The summed E-state index contributed by atoms with van der Waals surface area (Å²) in [6, 6.07) is 31.2. The minimum absolute atomic E-state index is 0.844. The van der Waals surface area contributed by atoms with Crippen LogP contribution in [0.4, 0.5) is 0 Å². The van der Waals surface area contributed by atoms with Gasteiger partial charge in [0.25, 0.3) is 0 Å². The van der Waals surface area contributed by atoms with E-state index in [1.807, 2.05) is 103 Å². The Labute approximate surface area is 321 Å². The fourth-order valence-electron chi connectivity index (χ4n) is 3.48. The molecular formula is C35H36Cl2N7O8Ru. The number of rotatable bonds is 5. The molecule has 0 saturated heterocycles. The van der Waals surface area contributed by atoms with Gasteiger partial charge in [-0.15, -0.1) is 20.5 Å². The van der Waals surface area contributed by atoms with Crippen molar-refractivity contribution in [3.63, 3.8) is 0 Å². The standard InChI is InChI=1S/C11H9N2.2C10H8N2.C4H11N.2ClHO4.Ru/c1-9-5-7-13-11(8-9)10-4-2-3-6-12-10;2*1-3-7-11-9(5-1)10-6-2-4-8-12-10;1-2-3-4-5;2*2-1(3,4)5;/h3-8H,1H3;2*1-8H;2-5H2,1H3;2*(H,2,3,4,5);/q;;;;;;+2/p-2. The van der Waals surface area contributed by atoms with E-state index >= 15 is 0 Å². The van der Waals surface area contributed by atoms with E-state index in [1.54, 1.807) is 31.0 Å². The van der Waals surface area contributed by atoms with Crippen molar-refractivity contribution < 1.29 is 76.1 Å². The number of unbranched alkanes of at least 4 members (excludes halogenated alkanes) is 1. The molecule has 0 aromatic carbocycles. The maximum atomic E-state index is 8.49. The van der Waals surface area contributed by atoms with E-state index < -0.39 is 20.5 Å². The molecule has 0 bridgehead atoms. The monoisotopic (exact) mass is 854 g/mol. The average molecular weight is 855 g/mol. The van der Waals surface area contributed by atoms with E-state index in [1.165, 1.54) is 18.4 Å². The summed E-state index contributed by atoms with van der Waals surface area (Å²) in [6.45, 7) is 5.03.